The highest BCUT2D eigenvalue weighted by Crippen LogP contribution is 2.23. The van der Waals surface area contributed by atoms with E-state index in [0.29, 0.717) is 6.54 Å². The lowest BCUT2D eigenvalue weighted by atomic mass is 10.2. The zero-order valence-electron chi connectivity index (χ0n) is 8.09. The van der Waals surface area contributed by atoms with Crippen molar-refractivity contribution in [1.82, 2.24) is 10.2 Å². The van der Waals surface area contributed by atoms with Crippen molar-refractivity contribution in [2.75, 3.05) is 18.0 Å². The summed E-state index contributed by atoms with van der Waals surface area (Å²) in [7, 11) is 0. The first-order valence-corrected chi connectivity index (χ1v) is 4.76. The third-order valence-corrected chi connectivity index (χ3v) is 2.49. The second-order valence-electron chi connectivity index (χ2n) is 3.42. The summed E-state index contributed by atoms with van der Waals surface area (Å²) < 4.78 is 5.01. The van der Waals surface area contributed by atoms with Gasteiger partial charge >= 0.3 is 17.9 Å². The molecule has 2 heterocycles. The summed E-state index contributed by atoms with van der Waals surface area (Å²) >= 11 is 0. The molecular weight excluding hydrogens is 200 g/mol. The van der Waals surface area contributed by atoms with E-state index >= 15 is 0 Å². The highest BCUT2D eigenvalue weighted by molar-refractivity contribution is 5.82. The third kappa shape index (κ3) is 1.78. The molecule has 7 heteroatoms. The second kappa shape index (κ2) is 3.85. The first-order valence-electron chi connectivity index (χ1n) is 4.76. The van der Waals surface area contributed by atoms with Crippen molar-refractivity contribution in [2.45, 2.75) is 18.9 Å². The summed E-state index contributed by atoms with van der Waals surface area (Å²) in [4.78, 5) is 12.4. The maximum Gasteiger partial charge on any atom is 0.393 e. The van der Waals surface area contributed by atoms with Crippen LogP contribution in [0, 0.1) is 0 Å². The van der Waals surface area contributed by atoms with Gasteiger partial charge in [0.1, 0.15) is 0 Å². The Morgan fingerprint density at radius 1 is 1.67 bits per heavy atom. The Morgan fingerprint density at radius 3 is 3.07 bits per heavy atom. The zero-order valence-corrected chi connectivity index (χ0v) is 8.09. The van der Waals surface area contributed by atoms with Crippen LogP contribution in [0.25, 0.3) is 0 Å². The van der Waals surface area contributed by atoms with Crippen LogP contribution in [0.5, 0.6) is 0 Å². The first-order chi connectivity index (χ1) is 7.22. The predicted octanol–water partition coefficient (Wildman–Crippen LogP) is -0.305. The lowest BCUT2D eigenvalue weighted by Crippen LogP contribution is -2.35. The number of anilines is 1. The third-order valence-electron chi connectivity index (χ3n) is 2.49. The van der Waals surface area contributed by atoms with E-state index in [1.165, 1.54) is 0 Å². The van der Waals surface area contributed by atoms with Crippen LogP contribution >= 0.6 is 0 Å². The number of carboxylic acid groups (broad SMARTS) is 1. The summed E-state index contributed by atoms with van der Waals surface area (Å²) in [5.41, 5.74) is 5.58. The Kier molecular flexibility index (Phi) is 2.55. The Morgan fingerprint density at radius 2 is 2.47 bits per heavy atom. The van der Waals surface area contributed by atoms with Gasteiger partial charge in [-0.3, -0.25) is 0 Å². The molecule has 1 aromatic rings. The van der Waals surface area contributed by atoms with E-state index in [0.717, 1.165) is 19.4 Å². The molecule has 0 amide bonds. The maximum absolute atomic E-state index is 10.5. The van der Waals surface area contributed by atoms with Gasteiger partial charge in [0, 0.05) is 19.1 Å². The summed E-state index contributed by atoms with van der Waals surface area (Å²) in [6, 6.07) is 0.424. The smallest absolute Gasteiger partial charge is 0.393 e. The molecule has 3 N–H and O–H groups in total. The van der Waals surface area contributed by atoms with Crippen molar-refractivity contribution in [1.29, 1.82) is 0 Å². The fourth-order valence-electron chi connectivity index (χ4n) is 1.75. The lowest BCUT2D eigenvalue weighted by molar-refractivity contribution is 0.0654. The van der Waals surface area contributed by atoms with E-state index in [2.05, 4.69) is 10.2 Å². The fraction of sp³-hybridized carbons (Fsp3) is 0.625. The van der Waals surface area contributed by atoms with Gasteiger partial charge in [-0.15, -0.1) is 0 Å². The Hall–Kier alpha value is -1.63. The van der Waals surface area contributed by atoms with Crippen LogP contribution in [-0.2, 0) is 0 Å². The Balaban J connectivity index is 2.18. The fourth-order valence-corrected chi connectivity index (χ4v) is 1.75. The molecule has 1 unspecified atom stereocenters. The number of hydrogen-bond donors (Lipinski definition) is 2. The van der Waals surface area contributed by atoms with Gasteiger partial charge in [-0.2, -0.15) is 0 Å². The molecule has 1 aromatic heterocycles. The Labute approximate surface area is 85.9 Å². The zero-order chi connectivity index (χ0) is 10.8. The van der Waals surface area contributed by atoms with Crippen molar-refractivity contribution in [3.05, 3.63) is 5.89 Å². The molecule has 1 aliphatic rings. The molecular formula is C8H12N4O3. The van der Waals surface area contributed by atoms with Gasteiger partial charge in [0.25, 0.3) is 0 Å². The molecule has 82 valence electrons. The molecule has 2 rings (SSSR count). The summed E-state index contributed by atoms with van der Waals surface area (Å²) in [5.74, 6) is -1.59. The van der Waals surface area contributed by atoms with Gasteiger partial charge in [0.15, 0.2) is 0 Å². The molecule has 0 aromatic carbocycles. The first kappa shape index (κ1) is 9.91. The lowest BCUT2D eigenvalue weighted by Gasteiger charge is -2.20. The van der Waals surface area contributed by atoms with E-state index in [4.69, 9.17) is 15.3 Å². The van der Waals surface area contributed by atoms with Crippen LogP contribution in [-0.4, -0.2) is 40.4 Å². The Bertz CT molecular complexity index is 365. The van der Waals surface area contributed by atoms with Crippen LogP contribution in [0.2, 0.25) is 0 Å². The molecule has 1 aliphatic heterocycles. The molecule has 1 atom stereocenters. The van der Waals surface area contributed by atoms with Crippen LogP contribution in [0.1, 0.15) is 23.5 Å². The summed E-state index contributed by atoms with van der Waals surface area (Å²) in [6.07, 6.45) is 1.98. The van der Waals surface area contributed by atoms with Gasteiger partial charge in [0.2, 0.25) is 0 Å². The molecule has 0 radical (unpaired) electrons. The van der Waals surface area contributed by atoms with E-state index in [-0.39, 0.29) is 17.9 Å². The van der Waals surface area contributed by atoms with Crippen molar-refractivity contribution >= 4 is 12.0 Å². The maximum atomic E-state index is 10.5. The number of aromatic carboxylic acids is 1. The minimum Gasteiger partial charge on any atom is -0.474 e. The summed E-state index contributed by atoms with van der Waals surface area (Å²) in [6.45, 7) is 1.29. The van der Waals surface area contributed by atoms with Gasteiger partial charge < -0.3 is 20.2 Å². The number of aromatic nitrogens is 2. The van der Waals surface area contributed by atoms with E-state index in [1.54, 1.807) is 0 Å². The van der Waals surface area contributed by atoms with E-state index in [9.17, 15) is 4.79 Å². The topological polar surface area (TPSA) is 105 Å². The van der Waals surface area contributed by atoms with Crippen molar-refractivity contribution < 1.29 is 14.3 Å². The second-order valence-corrected chi connectivity index (χ2v) is 3.42. The van der Waals surface area contributed by atoms with E-state index in [1.807, 2.05) is 4.90 Å². The van der Waals surface area contributed by atoms with E-state index < -0.39 is 5.97 Å². The highest BCUT2D eigenvalue weighted by Gasteiger charge is 2.28. The van der Waals surface area contributed by atoms with Crippen molar-refractivity contribution in [3.8, 4) is 0 Å². The van der Waals surface area contributed by atoms with Crippen LogP contribution in [0.3, 0.4) is 0 Å². The van der Waals surface area contributed by atoms with Crippen LogP contribution in [0.15, 0.2) is 4.42 Å². The monoisotopic (exact) mass is 212 g/mol. The number of nitrogens with zero attached hydrogens (tertiary/aromatic N) is 3. The number of nitrogens with two attached hydrogens (primary N) is 1. The minimum atomic E-state index is -1.21. The molecule has 0 spiro atoms. The molecule has 0 bridgehead atoms. The largest absolute Gasteiger partial charge is 0.474 e. The number of hydrogen-bond acceptors (Lipinski definition) is 6. The number of rotatable bonds is 3. The van der Waals surface area contributed by atoms with Crippen LogP contribution < -0.4 is 10.6 Å². The van der Waals surface area contributed by atoms with Crippen molar-refractivity contribution in [3.63, 3.8) is 0 Å². The average Bonchev–Trinajstić information content (AvgIpc) is 2.85. The quantitative estimate of drug-likeness (QED) is 0.708. The molecule has 1 fully saturated rings. The van der Waals surface area contributed by atoms with Crippen molar-refractivity contribution in [2.24, 2.45) is 5.73 Å². The number of carbonyl (C=O) groups is 1. The standard InChI is InChI=1S/C8H12N4O3/c9-4-5-2-1-3-12(5)8-11-10-6(15-8)7(13)14/h5H,1-4,9H2,(H,13,14). The normalized spacial score (nSPS) is 20.9. The van der Waals surface area contributed by atoms with Crippen LogP contribution in [0.4, 0.5) is 6.01 Å². The van der Waals surface area contributed by atoms with Gasteiger partial charge in [0.05, 0.1) is 0 Å². The average molecular weight is 212 g/mol. The highest BCUT2D eigenvalue weighted by atomic mass is 16.4. The van der Waals surface area contributed by atoms with Gasteiger partial charge in [-0.1, -0.05) is 10.2 Å². The van der Waals surface area contributed by atoms with Gasteiger partial charge in [-0.05, 0) is 12.8 Å². The summed E-state index contributed by atoms with van der Waals surface area (Å²) in [5, 5.41) is 15.7. The molecule has 7 nitrogen and oxygen atoms in total. The SMILES string of the molecule is NCC1CCCN1c1nnc(C(=O)O)o1. The molecule has 1 saturated heterocycles. The molecule has 0 aliphatic carbocycles. The molecule has 0 saturated carbocycles. The predicted molar refractivity (Wildman–Crippen MR) is 50.7 cm³/mol. The minimum absolute atomic E-state index is 0.173. The number of carboxylic acids is 1. The van der Waals surface area contributed by atoms with Gasteiger partial charge in [-0.25, -0.2) is 4.79 Å². The molecule has 15 heavy (non-hydrogen) atoms.